The molecular formula is C29H34N6O5. The molecule has 0 bridgehead atoms. The maximum absolute atomic E-state index is 12.0. The molecule has 1 aliphatic rings. The summed E-state index contributed by atoms with van der Waals surface area (Å²) >= 11 is 0. The first-order valence-electron chi connectivity index (χ1n) is 12.7. The van der Waals surface area contributed by atoms with Gasteiger partial charge in [0.1, 0.15) is 28.7 Å². The topological polar surface area (TPSA) is 140 Å². The number of carbonyl (C=O) groups is 2. The summed E-state index contributed by atoms with van der Waals surface area (Å²) in [6.07, 6.45) is 11.4. The Hall–Kier alpha value is -4.77. The highest BCUT2D eigenvalue weighted by Gasteiger charge is 2.33. The molecule has 11 heteroatoms. The lowest BCUT2D eigenvalue weighted by Crippen LogP contribution is -2.37. The third kappa shape index (κ3) is 7.20. The van der Waals surface area contributed by atoms with E-state index in [1.807, 2.05) is 6.92 Å². The van der Waals surface area contributed by atoms with Crippen LogP contribution in [0.3, 0.4) is 0 Å². The van der Waals surface area contributed by atoms with Crippen molar-refractivity contribution >= 4 is 29.5 Å². The van der Waals surface area contributed by atoms with Gasteiger partial charge in [0.25, 0.3) is 5.56 Å². The molecule has 11 nitrogen and oxygen atoms in total. The van der Waals surface area contributed by atoms with Gasteiger partial charge < -0.3 is 20.5 Å². The number of aldehydes is 1. The number of aliphatic hydroxyl groups is 1. The molecule has 3 aromatic rings. The molecule has 3 aromatic heterocycles. The highest BCUT2D eigenvalue weighted by atomic mass is 16.5. The third-order valence-electron chi connectivity index (χ3n) is 6.35. The largest absolute Gasteiger partial charge is 0.456 e. The van der Waals surface area contributed by atoms with Crippen LogP contribution in [0, 0.1) is 12.8 Å². The van der Waals surface area contributed by atoms with Gasteiger partial charge in [-0.3, -0.25) is 19.1 Å². The van der Waals surface area contributed by atoms with Gasteiger partial charge in [0.2, 0.25) is 5.91 Å². The second-order valence-electron chi connectivity index (χ2n) is 8.99. The zero-order valence-corrected chi connectivity index (χ0v) is 23.0. The van der Waals surface area contributed by atoms with Crippen LogP contribution in [0.2, 0.25) is 0 Å². The molecule has 1 amide bonds. The molecule has 0 unspecified atom stereocenters. The summed E-state index contributed by atoms with van der Waals surface area (Å²) in [4.78, 5) is 43.1. The Morgan fingerprint density at radius 2 is 1.95 bits per heavy atom. The van der Waals surface area contributed by atoms with Crippen LogP contribution in [0.15, 0.2) is 72.3 Å². The summed E-state index contributed by atoms with van der Waals surface area (Å²) in [5, 5.41) is 14.9. The van der Waals surface area contributed by atoms with E-state index in [0.717, 1.165) is 5.82 Å². The minimum atomic E-state index is -0.360. The van der Waals surface area contributed by atoms with Crippen molar-refractivity contribution in [2.75, 3.05) is 17.7 Å². The Balaban J connectivity index is 0.000000232. The normalized spacial score (nSPS) is 16.4. The van der Waals surface area contributed by atoms with E-state index >= 15 is 0 Å². The molecule has 0 atom stereocenters. The predicted octanol–water partition coefficient (Wildman–Crippen LogP) is 3.93. The minimum absolute atomic E-state index is 0.125. The number of ether oxygens (including phenoxy) is 1. The molecule has 0 aliphatic heterocycles. The van der Waals surface area contributed by atoms with Crippen molar-refractivity contribution in [2.45, 2.75) is 32.8 Å². The maximum atomic E-state index is 12.0. The van der Waals surface area contributed by atoms with Gasteiger partial charge in [-0.05, 0) is 51.0 Å². The van der Waals surface area contributed by atoms with E-state index in [0.29, 0.717) is 47.8 Å². The number of hydrogen-bond donors (Lipinski definition) is 3. The van der Waals surface area contributed by atoms with Crippen LogP contribution in [-0.4, -0.2) is 49.8 Å². The van der Waals surface area contributed by atoms with Crippen LogP contribution in [0.4, 0.5) is 11.6 Å². The molecule has 40 heavy (non-hydrogen) atoms. The fourth-order valence-corrected chi connectivity index (χ4v) is 3.91. The van der Waals surface area contributed by atoms with Crippen molar-refractivity contribution in [3.8, 4) is 11.5 Å². The second kappa shape index (κ2) is 13.9. The number of aliphatic hydroxyl groups excluding tert-OH is 1. The summed E-state index contributed by atoms with van der Waals surface area (Å²) in [5.41, 5.74) is 1.24. The Labute approximate surface area is 232 Å². The highest BCUT2D eigenvalue weighted by Crippen LogP contribution is 2.29. The zero-order chi connectivity index (χ0) is 29.2. The van der Waals surface area contributed by atoms with Crippen LogP contribution >= 0.6 is 0 Å². The lowest BCUT2D eigenvalue weighted by molar-refractivity contribution is -0.126. The van der Waals surface area contributed by atoms with Gasteiger partial charge in [-0.2, -0.15) is 0 Å². The summed E-state index contributed by atoms with van der Waals surface area (Å²) in [6, 6.07) is 6.96. The van der Waals surface area contributed by atoms with Crippen molar-refractivity contribution in [3.05, 3.63) is 89.2 Å². The number of nitrogens with one attached hydrogen (secondary N) is 2. The lowest BCUT2D eigenvalue weighted by atomic mass is 9.82. The number of hydrogen-bond acceptors (Lipinski definition) is 8. The van der Waals surface area contributed by atoms with Gasteiger partial charge in [0.15, 0.2) is 6.29 Å². The zero-order valence-electron chi connectivity index (χ0n) is 23.0. The molecule has 0 saturated heterocycles. The first-order chi connectivity index (χ1) is 19.2. The molecule has 1 fully saturated rings. The van der Waals surface area contributed by atoms with Crippen molar-refractivity contribution in [1.82, 2.24) is 19.3 Å². The molecule has 1 saturated carbocycles. The molecule has 3 heterocycles. The van der Waals surface area contributed by atoms with E-state index in [1.54, 1.807) is 86.7 Å². The van der Waals surface area contributed by atoms with Crippen LogP contribution < -0.4 is 20.9 Å². The summed E-state index contributed by atoms with van der Waals surface area (Å²) < 4.78 is 8.82. The highest BCUT2D eigenvalue weighted by molar-refractivity contribution is 5.92. The van der Waals surface area contributed by atoms with Crippen LogP contribution in [0.1, 0.15) is 35.8 Å². The predicted molar refractivity (Wildman–Crippen MR) is 155 cm³/mol. The van der Waals surface area contributed by atoms with E-state index in [9.17, 15) is 19.5 Å². The van der Waals surface area contributed by atoms with Gasteiger partial charge in [0.05, 0.1) is 18.0 Å². The molecule has 4 rings (SSSR count). The van der Waals surface area contributed by atoms with E-state index < -0.39 is 0 Å². The van der Waals surface area contributed by atoms with E-state index in [1.165, 1.54) is 4.68 Å². The van der Waals surface area contributed by atoms with Gasteiger partial charge >= 0.3 is 0 Å². The average Bonchev–Trinajstić information content (AvgIpc) is 3.15. The molecule has 1 aliphatic carbocycles. The molecular weight excluding hydrogens is 512 g/mol. The SMILES string of the molecule is C=C/C=C\C(=C/C)n1c(=O)c(C=O)c(C)n1C.CNc1ccc(Oc2ccnc(NC(=O)C3CC(O)C3)c2)cn1. The van der Waals surface area contributed by atoms with E-state index in [-0.39, 0.29) is 29.1 Å². The first-order valence-corrected chi connectivity index (χ1v) is 12.7. The van der Waals surface area contributed by atoms with Gasteiger partial charge in [0, 0.05) is 38.0 Å². The smallest absolute Gasteiger partial charge is 0.282 e. The number of carbonyl (C=O) groups excluding carboxylic acids is 2. The minimum Gasteiger partial charge on any atom is -0.456 e. The van der Waals surface area contributed by atoms with Gasteiger partial charge in [-0.15, -0.1) is 0 Å². The number of nitrogens with zero attached hydrogens (tertiary/aromatic N) is 4. The number of rotatable bonds is 9. The maximum Gasteiger partial charge on any atom is 0.282 e. The van der Waals surface area contributed by atoms with E-state index in [2.05, 4.69) is 27.2 Å². The third-order valence-corrected chi connectivity index (χ3v) is 6.35. The second-order valence-corrected chi connectivity index (χ2v) is 8.99. The monoisotopic (exact) mass is 546 g/mol. The summed E-state index contributed by atoms with van der Waals surface area (Å²) in [7, 11) is 3.54. The fourth-order valence-electron chi connectivity index (χ4n) is 3.91. The van der Waals surface area contributed by atoms with Crippen molar-refractivity contribution in [1.29, 1.82) is 0 Å². The Kier molecular flexibility index (Phi) is 10.3. The Morgan fingerprint density at radius 1 is 1.20 bits per heavy atom. The molecule has 0 radical (unpaired) electrons. The van der Waals surface area contributed by atoms with Crippen LogP contribution in [0.5, 0.6) is 11.5 Å². The standard InChI is InChI=1S/C16H18N4O3.C13H16N2O2/c1-17-14-3-2-13(9-19-14)23-12-4-5-18-15(8-12)20-16(22)10-6-11(21)7-10;1-5-7-8-11(6-2)15-13(17)12(9-16)10(3)14(15)4/h2-5,8-11,21H,6-7H2,1H3,(H,17,19)(H,18,20,22);5-9H,1H2,2-4H3/b;8-7-,11-6+. The van der Waals surface area contributed by atoms with Crippen molar-refractivity contribution in [2.24, 2.45) is 13.0 Å². The van der Waals surface area contributed by atoms with Crippen LogP contribution in [-0.2, 0) is 11.8 Å². The van der Waals surface area contributed by atoms with Crippen molar-refractivity contribution in [3.63, 3.8) is 0 Å². The van der Waals surface area contributed by atoms with Crippen LogP contribution in [0.25, 0.3) is 5.70 Å². The molecule has 3 N–H and O–H groups in total. The fraction of sp³-hybridized carbons (Fsp3) is 0.276. The summed E-state index contributed by atoms with van der Waals surface area (Å²) in [6.45, 7) is 7.15. The number of allylic oxidation sites excluding steroid dienone is 5. The average molecular weight is 547 g/mol. The number of anilines is 2. The number of pyridine rings is 2. The quantitative estimate of drug-likeness (QED) is 0.271. The summed E-state index contributed by atoms with van der Waals surface area (Å²) in [5.74, 6) is 2.06. The first kappa shape index (κ1) is 29.8. The Morgan fingerprint density at radius 3 is 2.50 bits per heavy atom. The van der Waals surface area contributed by atoms with Crippen molar-refractivity contribution < 1.29 is 19.4 Å². The van der Waals surface area contributed by atoms with Gasteiger partial charge in [-0.1, -0.05) is 24.8 Å². The molecule has 210 valence electrons. The number of amides is 1. The molecule has 0 aromatic carbocycles. The van der Waals surface area contributed by atoms with Gasteiger partial charge in [-0.25, -0.2) is 14.6 Å². The number of aromatic nitrogens is 4. The van der Waals surface area contributed by atoms with E-state index in [4.69, 9.17) is 4.74 Å². The lowest BCUT2D eigenvalue weighted by Gasteiger charge is -2.29. The Bertz CT molecular complexity index is 1460. The molecule has 0 spiro atoms.